The van der Waals surface area contributed by atoms with Crippen LogP contribution in [0, 0.1) is 12.7 Å². The molecule has 0 saturated heterocycles. The number of nitrogens with zero attached hydrogens (tertiary/aromatic N) is 3. The van der Waals surface area contributed by atoms with Crippen molar-refractivity contribution in [3.63, 3.8) is 0 Å². The number of benzene rings is 1. The fourth-order valence-electron chi connectivity index (χ4n) is 2.41. The Morgan fingerprint density at radius 2 is 2.14 bits per heavy atom. The molecule has 3 nitrogen and oxygen atoms in total. The number of imidazole rings is 1. The fraction of sp³-hybridized carbons (Fsp3) is 0.333. The van der Waals surface area contributed by atoms with Crippen LogP contribution in [0.15, 0.2) is 23.6 Å². The Hall–Kier alpha value is -1.46. The summed E-state index contributed by atoms with van der Waals surface area (Å²) in [4.78, 5) is 8.87. The van der Waals surface area contributed by atoms with E-state index in [9.17, 15) is 4.39 Å². The third kappa shape index (κ3) is 2.94. The van der Waals surface area contributed by atoms with Gasteiger partial charge in [0, 0.05) is 36.3 Å². The molecule has 2 heterocycles. The molecule has 0 atom stereocenters. The van der Waals surface area contributed by atoms with Crippen molar-refractivity contribution >= 4 is 34.0 Å². The first-order valence-corrected chi connectivity index (χ1v) is 8.21. The summed E-state index contributed by atoms with van der Waals surface area (Å²) in [5.41, 5.74) is 2.29. The van der Waals surface area contributed by atoms with E-state index in [2.05, 4.69) is 14.5 Å². The second-order valence-electron chi connectivity index (χ2n) is 4.86. The van der Waals surface area contributed by atoms with E-state index < -0.39 is 0 Å². The van der Waals surface area contributed by atoms with Gasteiger partial charge in [-0.3, -0.25) is 0 Å². The van der Waals surface area contributed by atoms with Crippen LogP contribution in [-0.2, 0) is 19.4 Å². The summed E-state index contributed by atoms with van der Waals surface area (Å²) >= 11 is 7.49. The summed E-state index contributed by atoms with van der Waals surface area (Å²) < 4.78 is 15.9. The highest BCUT2D eigenvalue weighted by atomic mass is 35.5. The molecule has 1 aromatic carbocycles. The zero-order valence-electron chi connectivity index (χ0n) is 11.6. The lowest BCUT2D eigenvalue weighted by Gasteiger charge is -2.07. The summed E-state index contributed by atoms with van der Waals surface area (Å²) in [6.07, 6.45) is 1.45. The molecule has 2 aromatic heterocycles. The fourth-order valence-corrected chi connectivity index (χ4v) is 3.34. The molecular weight excluding hydrogens is 309 g/mol. The third-order valence-corrected chi connectivity index (χ3v) is 4.56. The molecule has 0 radical (unpaired) electrons. The van der Waals surface area contributed by atoms with Gasteiger partial charge in [0.05, 0.1) is 10.5 Å². The Bertz CT molecular complexity index is 765. The molecule has 0 saturated carbocycles. The molecule has 0 aliphatic heterocycles. The van der Waals surface area contributed by atoms with Gasteiger partial charge in [0.15, 0.2) is 5.82 Å². The maximum absolute atomic E-state index is 13.9. The molecule has 21 heavy (non-hydrogen) atoms. The lowest BCUT2D eigenvalue weighted by Crippen LogP contribution is -2.07. The predicted octanol–water partition coefficient (Wildman–Crippen LogP) is 3.96. The quantitative estimate of drug-likeness (QED) is 0.665. The lowest BCUT2D eigenvalue weighted by molar-refractivity contribution is 0.637. The van der Waals surface area contributed by atoms with Gasteiger partial charge >= 0.3 is 0 Å². The van der Waals surface area contributed by atoms with Crippen LogP contribution in [0.5, 0.6) is 0 Å². The molecule has 0 N–H and O–H groups in total. The van der Waals surface area contributed by atoms with Crippen molar-refractivity contribution in [2.75, 3.05) is 5.88 Å². The van der Waals surface area contributed by atoms with Crippen LogP contribution in [0.25, 0.3) is 11.0 Å². The van der Waals surface area contributed by atoms with Crippen molar-refractivity contribution in [3.8, 4) is 0 Å². The highest BCUT2D eigenvalue weighted by Gasteiger charge is 2.13. The van der Waals surface area contributed by atoms with E-state index in [1.54, 1.807) is 17.4 Å². The largest absolute Gasteiger partial charge is 0.327 e. The highest BCUT2D eigenvalue weighted by molar-refractivity contribution is 7.09. The van der Waals surface area contributed by atoms with Crippen molar-refractivity contribution < 1.29 is 4.39 Å². The van der Waals surface area contributed by atoms with Gasteiger partial charge in [-0.1, -0.05) is 6.07 Å². The second-order valence-corrected chi connectivity index (χ2v) is 6.18. The number of alkyl halides is 1. The summed E-state index contributed by atoms with van der Waals surface area (Å²) in [5, 5.41) is 3.13. The van der Waals surface area contributed by atoms with E-state index in [1.165, 1.54) is 6.07 Å². The van der Waals surface area contributed by atoms with E-state index in [-0.39, 0.29) is 5.82 Å². The second kappa shape index (κ2) is 6.12. The predicted molar refractivity (Wildman–Crippen MR) is 84.7 cm³/mol. The van der Waals surface area contributed by atoms with Crippen molar-refractivity contribution in [1.82, 2.24) is 14.5 Å². The lowest BCUT2D eigenvalue weighted by atomic mass is 10.3. The molecular formula is C15H15ClFN3S. The normalized spacial score (nSPS) is 11.4. The summed E-state index contributed by atoms with van der Waals surface area (Å²) in [5.74, 6) is 1.02. The number of rotatable bonds is 5. The first-order chi connectivity index (χ1) is 10.2. The van der Waals surface area contributed by atoms with Gasteiger partial charge in [0.25, 0.3) is 0 Å². The van der Waals surface area contributed by atoms with Crippen molar-refractivity contribution in [1.29, 1.82) is 0 Å². The number of hydrogen-bond acceptors (Lipinski definition) is 3. The number of para-hydroxylation sites is 1. The SMILES string of the molecule is Cc1csc(CCn2c(CCCl)nc3c(F)cccc32)n1. The molecule has 3 aromatic rings. The molecule has 0 amide bonds. The van der Waals surface area contributed by atoms with Crippen LogP contribution in [0.2, 0.25) is 0 Å². The Morgan fingerprint density at radius 3 is 2.86 bits per heavy atom. The van der Waals surface area contributed by atoms with E-state index in [4.69, 9.17) is 11.6 Å². The number of hydrogen-bond donors (Lipinski definition) is 0. The van der Waals surface area contributed by atoms with E-state index in [1.807, 2.05) is 18.4 Å². The smallest absolute Gasteiger partial charge is 0.151 e. The first-order valence-electron chi connectivity index (χ1n) is 6.79. The zero-order valence-corrected chi connectivity index (χ0v) is 13.2. The number of aromatic nitrogens is 3. The van der Waals surface area contributed by atoms with Gasteiger partial charge in [0.2, 0.25) is 0 Å². The highest BCUT2D eigenvalue weighted by Crippen LogP contribution is 2.21. The van der Waals surface area contributed by atoms with Crippen LogP contribution in [0.3, 0.4) is 0 Å². The van der Waals surface area contributed by atoms with Crippen molar-refractivity contribution in [2.24, 2.45) is 0 Å². The number of fused-ring (bicyclic) bond motifs is 1. The van der Waals surface area contributed by atoms with Crippen molar-refractivity contribution in [2.45, 2.75) is 26.3 Å². The molecule has 0 unspecified atom stereocenters. The maximum atomic E-state index is 13.9. The maximum Gasteiger partial charge on any atom is 0.151 e. The minimum Gasteiger partial charge on any atom is -0.327 e. The molecule has 110 valence electrons. The first kappa shape index (κ1) is 14.5. The average Bonchev–Trinajstić information content (AvgIpc) is 3.02. The van der Waals surface area contributed by atoms with E-state index in [0.717, 1.165) is 35.0 Å². The van der Waals surface area contributed by atoms with Gasteiger partial charge in [-0.25, -0.2) is 14.4 Å². The molecule has 0 aliphatic carbocycles. The van der Waals surface area contributed by atoms with Gasteiger partial charge in [-0.15, -0.1) is 22.9 Å². The molecule has 0 aliphatic rings. The molecule has 0 fully saturated rings. The molecule has 0 spiro atoms. The topological polar surface area (TPSA) is 30.7 Å². The number of halogens is 2. The average molecular weight is 324 g/mol. The number of aryl methyl sites for hydroxylation is 4. The van der Waals surface area contributed by atoms with Crippen LogP contribution >= 0.6 is 22.9 Å². The van der Waals surface area contributed by atoms with Gasteiger partial charge in [0.1, 0.15) is 11.3 Å². The molecule has 6 heteroatoms. The summed E-state index contributed by atoms with van der Waals surface area (Å²) in [7, 11) is 0. The summed E-state index contributed by atoms with van der Waals surface area (Å²) in [6.45, 7) is 2.72. The molecule has 0 bridgehead atoms. The van der Waals surface area contributed by atoms with E-state index in [0.29, 0.717) is 17.8 Å². The van der Waals surface area contributed by atoms with Crippen LogP contribution in [0.1, 0.15) is 16.5 Å². The van der Waals surface area contributed by atoms with Gasteiger partial charge in [-0.2, -0.15) is 0 Å². The Morgan fingerprint density at radius 1 is 1.29 bits per heavy atom. The number of thiazole rings is 1. The zero-order chi connectivity index (χ0) is 14.8. The van der Waals surface area contributed by atoms with Crippen LogP contribution < -0.4 is 0 Å². The minimum atomic E-state index is -0.285. The van der Waals surface area contributed by atoms with Gasteiger partial charge < -0.3 is 4.57 Å². The van der Waals surface area contributed by atoms with Crippen LogP contribution in [-0.4, -0.2) is 20.4 Å². The Kier molecular flexibility index (Phi) is 4.22. The minimum absolute atomic E-state index is 0.285. The van der Waals surface area contributed by atoms with Gasteiger partial charge in [-0.05, 0) is 19.1 Å². The Labute approximate surface area is 131 Å². The van der Waals surface area contributed by atoms with Crippen LogP contribution in [0.4, 0.5) is 4.39 Å². The van der Waals surface area contributed by atoms with Crippen molar-refractivity contribution in [3.05, 3.63) is 45.9 Å². The standard InChI is InChI=1S/C15H15ClFN3S/c1-10-9-21-14(18-10)6-8-20-12-4-2-3-11(17)15(12)19-13(20)5-7-16/h2-4,9H,5-8H2,1H3. The van der Waals surface area contributed by atoms with E-state index >= 15 is 0 Å². The Balaban J connectivity index is 1.95. The molecule has 3 rings (SSSR count). The monoisotopic (exact) mass is 323 g/mol. The third-order valence-electron chi connectivity index (χ3n) is 3.34. The summed E-state index contributed by atoms with van der Waals surface area (Å²) in [6, 6.07) is 5.05.